The third-order valence-corrected chi connectivity index (χ3v) is 6.42. The molecule has 126 valence electrons. The third kappa shape index (κ3) is 4.87. The topological polar surface area (TPSA) is 83.5 Å². The van der Waals surface area contributed by atoms with Crippen LogP contribution in [0.5, 0.6) is 5.75 Å². The van der Waals surface area contributed by atoms with Gasteiger partial charge in [-0.1, -0.05) is 17.1 Å². The second-order valence-corrected chi connectivity index (χ2v) is 9.93. The van der Waals surface area contributed by atoms with Crippen LogP contribution in [0, 0.1) is 0 Å². The number of hydrogen-bond acceptors (Lipinski definition) is 6. The lowest BCUT2D eigenvalue weighted by molar-refractivity contribution is 0.130. The van der Waals surface area contributed by atoms with Crippen LogP contribution >= 0.6 is 11.3 Å². The lowest BCUT2D eigenvalue weighted by atomic mass is 10.2. The van der Waals surface area contributed by atoms with Crippen molar-refractivity contribution in [3.8, 4) is 5.75 Å². The summed E-state index contributed by atoms with van der Waals surface area (Å²) in [6, 6.07) is 7.52. The third-order valence-electron chi connectivity index (χ3n) is 2.72. The van der Waals surface area contributed by atoms with Crippen molar-refractivity contribution in [2.45, 2.75) is 41.2 Å². The molecule has 2 aromatic rings. The van der Waals surface area contributed by atoms with Gasteiger partial charge in [0.1, 0.15) is 15.6 Å². The van der Waals surface area contributed by atoms with E-state index in [9.17, 15) is 17.2 Å². The van der Waals surface area contributed by atoms with Crippen molar-refractivity contribution in [1.29, 1.82) is 0 Å². The summed E-state index contributed by atoms with van der Waals surface area (Å²) in [5.41, 5.74) is -0.158. The Hall–Kier alpha value is -1.22. The van der Waals surface area contributed by atoms with Gasteiger partial charge >= 0.3 is 0 Å². The first-order valence-electron chi connectivity index (χ1n) is 6.75. The minimum absolute atomic E-state index is 0.0298. The molecule has 0 aliphatic carbocycles. The van der Waals surface area contributed by atoms with Gasteiger partial charge in [0.15, 0.2) is 0 Å². The maximum Gasteiger partial charge on any atom is 0.216 e. The van der Waals surface area contributed by atoms with Crippen LogP contribution in [0.3, 0.4) is 0 Å². The Bertz CT molecular complexity index is 802. The molecule has 0 bridgehead atoms. The van der Waals surface area contributed by atoms with Crippen LogP contribution in [0.1, 0.15) is 26.3 Å². The van der Waals surface area contributed by atoms with Crippen molar-refractivity contribution in [2.24, 2.45) is 0 Å². The fourth-order valence-electron chi connectivity index (χ4n) is 1.95. The number of benzene rings is 1. The maximum absolute atomic E-state index is 12.7. The van der Waals surface area contributed by atoms with E-state index in [0.29, 0.717) is 11.3 Å². The van der Waals surface area contributed by atoms with Crippen molar-refractivity contribution in [1.82, 2.24) is 0 Å². The molecular weight excluding hydrogens is 356 g/mol. The van der Waals surface area contributed by atoms with Gasteiger partial charge in [0.2, 0.25) is 9.84 Å². The van der Waals surface area contributed by atoms with Gasteiger partial charge < -0.3 is 9.29 Å². The number of sulfone groups is 1. The maximum atomic E-state index is 12.7. The van der Waals surface area contributed by atoms with Crippen molar-refractivity contribution in [2.75, 3.05) is 0 Å². The average molecular weight is 373 g/mol. The zero-order valence-corrected chi connectivity index (χ0v) is 15.4. The lowest BCUT2D eigenvalue weighted by Crippen LogP contribution is -2.23. The van der Waals surface area contributed by atoms with Gasteiger partial charge in [-0.2, -0.15) is 0 Å². The smallest absolute Gasteiger partial charge is 0.216 e. The first-order chi connectivity index (χ1) is 10.6. The highest BCUT2D eigenvalue weighted by atomic mass is 32.2. The molecule has 0 saturated heterocycles. The Morgan fingerprint density at radius 1 is 1.26 bits per heavy atom. The summed E-state index contributed by atoms with van der Waals surface area (Å²) < 4.78 is 53.2. The van der Waals surface area contributed by atoms with Crippen LogP contribution in [0.25, 0.3) is 0 Å². The van der Waals surface area contributed by atoms with Gasteiger partial charge in [-0.3, -0.25) is 4.21 Å². The molecule has 1 heterocycles. The van der Waals surface area contributed by atoms with Gasteiger partial charge in [-0.25, -0.2) is 8.42 Å². The summed E-state index contributed by atoms with van der Waals surface area (Å²) in [6.45, 7) is 5.50. The predicted molar refractivity (Wildman–Crippen MR) is 89.2 cm³/mol. The van der Waals surface area contributed by atoms with Crippen molar-refractivity contribution in [3.63, 3.8) is 0 Å². The fourth-order valence-corrected chi connectivity index (χ4v) is 4.87. The zero-order valence-electron chi connectivity index (χ0n) is 12.9. The SMILES string of the molecule is CC(C)(C)Oc1cc(CS(=O)[O-])cc(S(=O)(=O)c2cccs2)c1. The normalized spacial score (nSPS) is 13.7. The minimum atomic E-state index is -3.69. The quantitative estimate of drug-likeness (QED) is 0.752. The van der Waals surface area contributed by atoms with Crippen molar-refractivity contribution < 1.29 is 21.9 Å². The van der Waals surface area contributed by atoms with Crippen molar-refractivity contribution >= 4 is 32.3 Å². The van der Waals surface area contributed by atoms with Crippen LogP contribution in [0.15, 0.2) is 44.8 Å². The minimum Gasteiger partial charge on any atom is -0.772 e. The van der Waals surface area contributed by atoms with E-state index < -0.39 is 26.5 Å². The molecule has 0 N–H and O–H groups in total. The molecule has 1 aromatic carbocycles. The van der Waals surface area contributed by atoms with Crippen LogP contribution in [0.2, 0.25) is 0 Å². The Labute approximate surface area is 142 Å². The largest absolute Gasteiger partial charge is 0.772 e. The van der Waals surface area contributed by atoms with Gasteiger partial charge in [0.25, 0.3) is 0 Å². The summed E-state index contributed by atoms with van der Waals surface area (Å²) in [7, 11) is -3.69. The Morgan fingerprint density at radius 3 is 2.48 bits per heavy atom. The molecule has 0 amide bonds. The molecule has 1 aromatic heterocycles. The second kappa shape index (κ2) is 6.72. The second-order valence-electron chi connectivity index (χ2n) is 5.91. The molecule has 23 heavy (non-hydrogen) atoms. The molecule has 5 nitrogen and oxygen atoms in total. The average Bonchev–Trinajstić information content (AvgIpc) is 2.89. The van der Waals surface area contributed by atoms with E-state index in [-0.39, 0.29) is 14.9 Å². The molecule has 0 saturated carbocycles. The first kappa shape index (κ1) is 18.1. The van der Waals surface area contributed by atoms with Crippen LogP contribution in [0.4, 0.5) is 0 Å². The summed E-state index contributed by atoms with van der Waals surface area (Å²) in [4.78, 5) is 0.0298. The number of thiophene rings is 1. The molecule has 1 unspecified atom stereocenters. The summed E-state index contributed by atoms with van der Waals surface area (Å²) >= 11 is -1.20. The molecule has 0 aliphatic rings. The van der Waals surface area contributed by atoms with Gasteiger partial charge in [-0.15, -0.1) is 11.3 Å². The molecule has 0 radical (unpaired) electrons. The predicted octanol–water partition coefficient (Wildman–Crippen LogP) is 3.14. The molecule has 0 spiro atoms. The van der Waals surface area contributed by atoms with Gasteiger partial charge in [0, 0.05) is 5.75 Å². The lowest BCUT2D eigenvalue weighted by Gasteiger charge is -2.22. The molecule has 2 rings (SSSR count). The molecule has 1 atom stereocenters. The van der Waals surface area contributed by atoms with E-state index in [1.165, 1.54) is 18.2 Å². The van der Waals surface area contributed by atoms with E-state index in [1.54, 1.807) is 17.5 Å². The monoisotopic (exact) mass is 373 g/mol. The summed E-state index contributed by atoms with van der Waals surface area (Å²) in [5, 5.41) is 1.68. The van der Waals surface area contributed by atoms with E-state index in [2.05, 4.69) is 0 Å². The number of ether oxygens (including phenoxy) is 1. The van der Waals surface area contributed by atoms with Crippen LogP contribution < -0.4 is 4.74 Å². The fraction of sp³-hybridized carbons (Fsp3) is 0.333. The number of rotatable bonds is 5. The molecular formula is C15H17O5S3-. The Morgan fingerprint density at radius 2 is 1.96 bits per heavy atom. The van der Waals surface area contributed by atoms with E-state index in [4.69, 9.17) is 4.74 Å². The highest BCUT2D eigenvalue weighted by molar-refractivity contribution is 7.93. The van der Waals surface area contributed by atoms with Crippen LogP contribution in [-0.4, -0.2) is 22.8 Å². The molecule has 0 aliphatic heterocycles. The van der Waals surface area contributed by atoms with E-state index >= 15 is 0 Å². The Kier molecular flexibility index (Phi) is 5.30. The van der Waals surface area contributed by atoms with Gasteiger partial charge in [-0.05, 0) is 56.0 Å². The zero-order chi connectivity index (χ0) is 17.3. The van der Waals surface area contributed by atoms with Crippen molar-refractivity contribution in [3.05, 3.63) is 41.3 Å². The van der Waals surface area contributed by atoms with E-state index in [0.717, 1.165) is 11.3 Å². The first-order valence-corrected chi connectivity index (χ1v) is 10.4. The standard InChI is InChI=1S/C15H18O5S3/c1-15(2,3)20-12-7-11(10-22(16)17)8-13(9-12)23(18,19)14-5-4-6-21-14/h4-9H,10H2,1-3H3,(H,16,17)/p-1. The molecule has 8 heteroatoms. The Balaban J connectivity index is 2.54. The molecule has 0 fully saturated rings. The summed E-state index contributed by atoms with van der Waals surface area (Å²) in [6.07, 6.45) is 0. The highest BCUT2D eigenvalue weighted by Crippen LogP contribution is 2.30. The summed E-state index contributed by atoms with van der Waals surface area (Å²) in [5.74, 6) is 0.0597. The van der Waals surface area contributed by atoms with E-state index in [1.807, 2.05) is 20.8 Å². The number of hydrogen-bond donors (Lipinski definition) is 0. The van der Waals surface area contributed by atoms with Gasteiger partial charge in [0.05, 0.1) is 4.90 Å². The highest BCUT2D eigenvalue weighted by Gasteiger charge is 2.22. The van der Waals surface area contributed by atoms with Crippen LogP contribution in [-0.2, 0) is 26.7 Å².